The molecule has 0 radical (unpaired) electrons. The average Bonchev–Trinajstić information content (AvgIpc) is 1.62. The molecule has 3 aromatic carbocycles. The number of nitrogens with two attached hydrogens (primary N) is 4. The van der Waals surface area contributed by atoms with Crippen LogP contribution in [0, 0.1) is 61.7 Å². The molecule has 736 valence electrons. The maximum Gasteiger partial charge on any atom is 0.351 e. The van der Waals surface area contributed by atoms with Gasteiger partial charge in [0, 0.05) is 60.2 Å². The molecule has 137 heavy (non-hydrogen) atoms. The topological polar surface area (TPSA) is 602 Å². The molecule has 0 aliphatic carbocycles. The fraction of sp³-hybridized carbons (Fsp3) is 0.444. The van der Waals surface area contributed by atoms with Crippen LogP contribution in [0.5, 0.6) is 17.2 Å². The monoisotopic (exact) mass is 1910 g/mol. The van der Waals surface area contributed by atoms with E-state index in [9.17, 15) is 44.7 Å². The third kappa shape index (κ3) is 30.9. The lowest BCUT2D eigenvalue weighted by Crippen LogP contribution is -2.40. The van der Waals surface area contributed by atoms with Crippen molar-refractivity contribution in [1.82, 2.24) is 67.7 Å². The second kappa shape index (κ2) is 57.6. The Bertz CT molecular complexity index is 5710. The van der Waals surface area contributed by atoms with E-state index in [1.165, 1.54) is 107 Å². The Morgan fingerprint density at radius 3 is 1.04 bits per heavy atom. The largest absolute Gasteiger partial charge is 0.468 e. The number of hydrogen-bond acceptors (Lipinski definition) is 41. The van der Waals surface area contributed by atoms with Crippen molar-refractivity contribution in [2.45, 2.75) is 143 Å². The number of H-pyrrole nitrogens is 1. The van der Waals surface area contributed by atoms with E-state index < -0.39 is 145 Å². The Morgan fingerprint density at radius 1 is 0.380 bits per heavy atom. The van der Waals surface area contributed by atoms with Gasteiger partial charge in [-0.25, -0.2) is 44.3 Å². The minimum Gasteiger partial charge on any atom is -0.468 e. The Labute approximate surface area is 786 Å². The van der Waals surface area contributed by atoms with Crippen molar-refractivity contribution in [3.8, 4) is 79.0 Å². The van der Waals surface area contributed by atoms with Gasteiger partial charge in [0.15, 0.2) is 74.4 Å². The molecule has 7 aromatic heterocycles. The number of fused-ring (bicyclic) bond motifs is 2. The summed E-state index contributed by atoms with van der Waals surface area (Å²) in [6.45, 7) is 5.55. The van der Waals surface area contributed by atoms with Crippen molar-refractivity contribution < 1.29 is 120 Å². The van der Waals surface area contributed by atoms with E-state index in [0.717, 1.165) is 4.57 Å². The normalized spacial score (nSPS) is 24.1. The zero-order chi connectivity index (χ0) is 99.3. The predicted molar refractivity (Wildman–Crippen MR) is 489 cm³/mol. The number of aliphatic hydroxyl groups excluding tert-OH is 5. The molecule has 0 spiro atoms. The second-order valence-electron chi connectivity index (χ2n) is 28.9. The molecule has 47 heteroatoms. The number of hydrogen-bond donors (Lipinski definition) is 10. The van der Waals surface area contributed by atoms with Gasteiger partial charge < -0.3 is 143 Å². The third-order valence-corrected chi connectivity index (χ3v) is 19.7. The van der Waals surface area contributed by atoms with Crippen LogP contribution < -0.4 is 59.8 Å². The summed E-state index contributed by atoms with van der Waals surface area (Å²) in [5.41, 5.74) is 22.0. The Kier molecular flexibility index (Phi) is 45.8. The first kappa shape index (κ1) is 109. The molecular weight excluding hydrogens is 1800 g/mol. The highest BCUT2D eigenvalue weighted by atomic mass is 16.7. The van der Waals surface area contributed by atoms with Gasteiger partial charge in [0.25, 0.3) is 5.56 Å². The second-order valence-corrected chi connectivity index (χ2v) is 28.9. The number of methoxy groups -OCH3 is 5. The van der Waals surface area contributed by atoms with E-state index in [2.05, 4.69) is 93.7 Å². The van der Waals surface area contributed by atoms with Gasteiger partial charge in [-0.15, -0.1) is 49.9 Å². The molecule has 15 rings (SSSR count). The van der Waals surface area contributed by atoms with Crippen LogP contribution in [-0.4, -0.2) is 301 Å². The highest BCUT2D eigenvalue weighted by molar-refractivity contribution is 5.82. The third-order valence-electron chi connectivity index (χ3n) is 19.7. The van der Waals surface area contributed by atoms with Crippen LogP contribution in [-0.2, 0) is 80.5 Å². The molecule has 0 bridgehead atoms. The molecule has 5 fully saturated rings. The highest BCUT2D eigenvalue weighted by Gasteiger charge is 2.51. The SMILES string of the molecule is C#CC.C#CC.C#CC.C#CCOCOC1C(COC)OC(n2cnc3c(N)ncnc32)C1O.C#CCOCOC1C(O)C(COC)OC1n1cnc2c(N)ncnc21.COCC1OC(n2ccc(=O)[nH]c2=O)C(OCOc2ccccc2)C1O.COCC1OC(n2ccc(N)nc2=O)C(O)C1OCOc1ccccc1.COCC1OC(n2ccc(N)nc2=O)C(OCOc2ccccc2)C1O. The maximum atomic E-state index is 12.1. The minimum absolute atomic E-state index is 0.0674. The number of rotatable bonds is 35. The molecule has 5 aliphatic heterocycles. The first-order chi connectivity index (χ1) is 66.4. The number of ether oxygens (including phenoxy) is 20. The summed E-state index contributed by atoms with van der Waals surface area (Å²) >= 11 is 0. The van der Waals surface area contributed by atoms with E-state index >= 15 is 0 Å². The van der Waals surface area contributed by atoms with Gasteiger partial charge in [0.2, 0.25) is 0 Å². The van der Waals surface area contributed by atoms with Crippen molar-refractivity contribution in [2.24, 2.45) is 0 Å². The van der Waals surface area contributed by atoms with E-state index in [1.807, 2.05) is 54.6 Å². The zero-order valence-electron chi connectivity index (χ0n) is 76.0. The summed E-state index contributed by atoms with van der Waals surface area (Å²) in [6, 6.07) is 31.4. The summed E-state index contributed by atoms with van der Waals surface area (Å²) in [5, 5.41) is 52.8. The van der Waals surface area contributed by atoms with E-state index in [-0.39, 0.29) is 103 Å². The lowest BCUT2D eigenvalue weighted by atomic mass is 10.1. The Morgan fingerprint density at radius 2 is 0.686 bits per heavy atom. The van der Waals surface area contributed by atoms with E-state index in [4.69, 9.17) is 131 Å². The van der Waals surface area contributed by atoms with Gasteiger partial charge in [0.1, 0.15) is 171 Å². The number of aliphatic hydroxyl groups is 5. The van der Waals surface area contributed by atoms with Gasteiger partial charge in [0.05, 0.1) is 45.7 Å². The van der Waals surface area contributed by atoms with Crippen LogP contribution in [0.2, 0.25) is 0 Å². The Hall–Kier alpha value is -13.3. The molecule has 47 nitrogen and oxygen atoms in total. The van der Waals surface area contributed by atoms with Crippen LogP contribution >= 0.6 is 0 Å². The first-order valence-electron chi connectivity index (χ1n) is 41.6. The highest BCUT2D eigenvalue weighted by Crippen LogP contribution is 2.38. The van der Waals surface area contributed by atoms with E-state index in [1.54, 1.807) is 66.3 Å². The summed E-state index contributed by atoms with van der Waals surface area (Å²) < 4.78 is 116. The number of aromatic nitrogens is 14. The average molecular weight is 1910 g/mol. The molecule has 0 amide bonds. The van der Waals surface area contributed by atoms with Crippen LogP contribution in [0.25, 0.3) is 22.3 Å². The van der Waals surface area contributed by atoms with Crippen molar-refractivity contribution in [1.29, 1.82) is 0 Å². The predicted octanol–water partition coefficient (Wildman–Crippen LogP) is 0.697. The summed E-state index contributed by atoms with van der Waals surface area (Å²) in [6.07, 6.45) is 17.7. The summed E-state index contributed by atoms with van der Waals surface area (Å²) in [7, 11) is 7.54. The number of anilines is 4. The lowest BCUT2D eigenvalue weighted by molar-refractivity contribution is -0.133. The number of nitrogen functional groups attached to an aromatic ring is 4. The van der Waals surface area contributed by atoms with Crippen LogP contribution in [0.15, 0.2) is 172 Å². The molecule has 20 atom stereocenters. The lowest BCUT2D eigenvalue weighted by Gasteiger charge is -2.22. The van der Waals surface area contributed by atoms with Gasteiger partial charge in [-0.2, -0.15) is 9.97 Å². The first-order valence-corrected chi connectivity index (χ1v) is 41.6. The number of terminal acetylenes is 5. The molecular formula is C90H112N18O29. The van der Waals surface area contributed by atoms with E-state index in [0.29, 0.717) is 39.6 Å². The minimum atomic E-state index is -1.11. The summed E-state index contributed by atoms with van der Waals surface area (Å²) in [4.78, 5) is 81.5. The fourth-order valence-corrected chi connectivity index (χ4v) is 13.7. The van der Waals surface area contributed by atoms with Crippen molar-refractivity contribution in [3.63, 3.8) is 0 Å². The number of imidazole rings is 2. The van der Waals surface area contributed by atoms with Crippen molar-refractivity contribution >= 4 is 45.6 Å². The van der Waals surface area contributed by atoms with Crippen LogP contribution in [0.4, 0.5) is 23.3 Å². The van der Waals surface area contributed by atoms with Crippen LogP contribution in [0.1, 0.15) is 51.9 Å². The number of benzene rings is 3. The van der Waals surface area contributed by atoms with Gasteiger partial charge >= 0.3 is 17.1 Å². The zero-order valence-corrected chi connectivity index (χ0v) is 76.0. The molecule has 14 N–H and O–H groups in total. The molecule has 12 heterocycles. The van der Waals surface area contributed by atoms with Gasteiger partial charge in [-0.1, -0.05) is 66.4 Å². The number of para-hydroxylation sites is 3. The van der Waals surface area contributed by atoms with Crippen LogP contribution in [0.3, 0.4) is 0 Å². The van der Waals surface area contributed by atoms with Crippen molar-refractivity contribution in [3.05, 3.63) is 195 Å². The number of aromatic amines is 1. The molecule has 5 saturated heterocycles. The number of nitrogens with one attached hydrogen (secondary N) is 1. The Balaban J connectivity index is 0.000000205. The molecule has 10 aromatic rings. The smallest absolute Gasteiger partial charge is 0.351 e. The maximum absolute atomic E-state index is 12.1. The summed E-state index contributed by atoms with van der Waals surface area (Å²) in [5.74, 6) is 14.0. The molecule has 20 unspecified atom stereocenters. The van der Waals surface area contributed by atoms with Crippen molar-refractivity contribution in [2.75, 3.05) is 139 Å². The van der Waals surface area contributed by atoms with Gasteiger partial charge in [-0.05, 0) is 69.3 Å². The standard InChI is InChI=1S/2C17H21N3O6.C17H20N2O7.2C15H19N5O5.3C3H4/c1-23-9-12-15(25-10-24-11-5-3-2-4-6-11)14(21)16(26-12)20-8-7-13(18)19-17(20)22;1-23-9-12-14(21)15(25-10-24-11-5-3-2-4-6-11)16(26-12)20-8-7-13(18)19-17(20)22;1-23-9-12-14(21)15(25-10-24-11-5-3-2-4-6-11)16(26-12)19-8-7-13(20)18-17(19)22;1-3-4-23-8-24-12-9(5-22-2)25-15(11(12)21)20-7-19-10-13(16)17-6-18-14(10)20;1-3-4-23-8-24-12-11(21)9(5-22-2)25-15(12)20-7-19-10-13(16)17-6-18-14(10)20;3*1-3-2/h2*2-8,12,14-16,21H,9-10H2,1H3,(H2,18,19,22);2-8,12,14-16,21H,9-10H2,1H3,(H,18,20,22);2*1,6-7,9,11-12,15,21H,4-5,8H2,2H3,(H2,16,17,18);3*1H,2H3. The molecule has 0 saturated carbocycles. The van der Waals surface area contributed by atoms with Gasteiger partial charge in [-0.3, -0.25) is 32.6 Å². The number of nitrogens with zero attached hydrogens (tertiary/aromatic N) is 13. The fourth-order valence-electron chi connectivity index (χ4n) is 13.7. The molecule has 5 aliphatic rings. The quantitative estimate of drug-likeness (QED) is 0.0148.